The lowest BCUT2D eigenvalue weighted by atomic mass is 10.1. The second kappa shape index (κ2) is 11.1. The van der Waals surface area contributed by atoms with Crippen LogP contribution in [0.2, 0.25) is 0 Å². The maximum atomic E-state index is 10.8. The van der Waals surface area contributed by atoms with Gasteiger partial charge in [-0.2, -0.15) is 10.5 Å². The zero-order chi connectivity index (χ0) is 18.5. The highest BCUT2D eigenvalue weighted by molar-refractivity contribution is 5.94. The van der Waals surface area contributed by atoms with E-state index in [9.17, 15) is 9.59 Å². The van der Waals surface area contributed by atoms with Crippen molar-refractivity contribution in [3.05, 3.63) is 70.8 Å². The van der Waals surface area contributed by atoms with Crippen LogP contribution in [0.4, 0.5) is 0 Å². The first-order valence-electron chi connectivity index (χ1n) is 6.79. The first kappa shape index (κ1) is 20.4. The standard InChI is InChI=1S/2C9H7NO.CH2O/c2*1-7(11)9-4-2-8(6-10)3-5-9;1-2/h2*2-5H,1H3;1H2. The molecular formula is C19H16N2O3. The number of ketones is 2. The van der Waals surface area contributed by atoms with E-state index in [2.05, 4.69) is 0 Å². The lowest BCUT2D eigenvalue weighted by molar-refractivity contribution is -0.0980. The molecule has 5 nitrogen and oxygen atoms in total. The second-order valence-corrected chi connectivity index (χ2v) is 4.49. The molecule has 2 aromatic carbocycles. The fourth-order valence-corrected chi connectivity index (χ4v) is 1.56. The number of hydrogen-bond donors (Lipinski definition) is 0. The third kappa shape index (κ3) is 6.93. The minimum atomic E-state index is 0.0227. The summed E-state index contributed by atoms with van der Waals surface area (Å²) in [6, 6.07) is 17.1. The Hall–Kier alpha value is -3.57. The summed E-state index contributed by atoms with van der Waals surface area (Å²) in [6.07, 6.45) is 0. The summed E-state index contributed by atoms with van der Waals surface area (Å²) in [4.78, 5) is 29.5. The number of benzene rings is 2. The number of Topliss-reactive ketones (excluding diaryl/α,β-unsaturated/α-hetero) is 2. The summed E-state index contributed by atoms with van der Waals surface area (Å²) in [5, 5.41) is 16.9. The van der Waals surface area contributed by atoms with Crippen LogP contribution in [0.15, 0.2) is 48.5 Å². The van der Waals surface area contributed by atoms with E-state index in [1.54, 1.807) is 48.5 Å². The van der Waals surface area contributed by atoms with Crippen LogP contribution in [-0.4, -0.2) is 18.4 Å². The van der Waals surface area contributed by atoms with Gasteiger partial charge >= 0.3 is 0 Å². The van der Waals surface area contributed by atoms with Gasteiger partial charge in [0.2, 0.25) is 0 Å². The van der Waals surface area contributed by atoms with Crippen LogP contribution in [0.25, 0.3) is 0 Å². The molecule has 0 N–H and O–H groups in total. The largest absolute Gasteiger partial charge is 0.307 e. The Balaban J connectivity index is 0.000000400. The summed E-state index contributed by atoms with van der Waals surface area (Å²) >= 11 is 0. The van der Waals surface area contributed by atoms with Gasteiger partial charge in [0.15, 0.2) is 11.6 Å². The van der Waals surface area contributed by atoms with Crippen LogP contribution in [-0.2, 0) is 4.79 Å². The SMILES string of the molecule is C=O.CC(=O)c1ccc(C#N)cc1.CC(=O)c1ccc(C#N)cc1. The molecule has 0 aliphatic carbocycles. The summed E-state index contributed by atoms with van der Waals surface area (Å²) < 4.78 is 0. The zero-order valence-electron chi connectivity index (χ0n) is 13.4. The first-order valence-corrected chi connectivity index (χ1v) is 6.79. The smallest absolute Gasteiger partial charge is 0.159 e. The van der Waals surface area contributed by atoms with Crippen molar-refractivity contribution < 1.29 is 14.4 Å². The Morgan fingerprint density at radius 1 is 0.708 bits per heavy atom. The topological polar surface area (TPSA) is 98.8 Å². The molecule has 120 valence electrons. The molecule has 0 saturated carbocycles. The van der Waals surface area contributed by atoms with Gasteiger partial charge in [0.25, 0.3) is 0 Å². The van der Waals surface area contributed by atoms with Gasteiger partial charge in [-0.3, -0.25) is 9.59 Å². The van der Waals surface area contributed by atoms with Gasteiger partial charge in [0.05, 0.1) is 23.3 Å². The lowest BCUT2D eigenvalue weighted by Crippen LogP contribution is -1.90. The molecule has 0 radical (unpaired) electrons. The third-order valence-corrected chi connectivity index (χ3v) is 2.84. The highest BCUT2D eigenvalue weighted by Crippen LogP contribution is 2.04. The Morgan fingerprint density at radius 3 is 1.12 bits per heavy atom. The van der Waals surface area contributed by atoms with E-state index in [4.69, 9.17) is 15.3 Å². The van der Waals surface area contributed by atoms with Crippen molar-refractivity contribution in [2.75, 3.05) is 0 Å². The zero-order valence-corrected chi connectivity index (χ0v) is 13.4. The molecule has 0 heterocycles. The molecule has 0 amide bonds. The molecule has 0 unspecified atom stereocenters. The van der Waals surface area contributed by atoms with Gasteiger partial charge in [-0.15, -0.1) is 0 Å². The fourth-order valence-electron chi connectivity index (χ4n) is 1.56. The minimum absolute atomic E-state index is 0.0227. The van der Waals surface area contributed by atoms with E-state index in [1.165, 1.54) is 13.8 Å². The number of hydrogen-bond acceptors (Lipinski definition) is 5. The highest BCUT2D eigenvalue weighted by Gasteiger charge is 1.97. The van der Waals surface area contributed by atoms with Crippen molar-refractivity contribution in [1.29, 1.82) is 10.5 Å². The maximum absolute atomic E-state index is 10.8. The molecule has 0 fully saturated rings. The first-order chi connectivity index (χ1) is 11.5. The van der Waals surface area contributed by atoms with Gasteiger partial charge in [0.1, 0.15) is 6.79 Å². The van der Waals surface area contributed by atoms with Crippen molar-refractivity contribution in [2.24, 2.45) is 0 Å². The normalized spacial score (nSPS) is 8.17. The number of carbonyl (C=O) groups excluding carboxylic acids is 3. The summed E-state index contributed by atoms with van der Waals surface area (Å²) in [7, 11) is 0. The van der Waals surface area contributed by atoms with Crippen LogP contribution in [0, 0.1) is 22.7 Å². The number of nitrogens with zero attached hydrogens (tertiary/aromatic N) is 2. The molecule has 0 aliphatic heterocycles. The Bertz CT molecular complexity index is 697. The van der Waals surface area contributed by atoms with E-state index < -0.39 is 0 Å². The fraction of sp³-hybridized carbons (Fsp3) is 0.105. The molecule has 0 aromatic heterocycles. The molecule has 0 bridgehead atoms. The summed E-state index contributed by atoms with van der Waals surface area (Å²) in [5.41, 5.74) is 2.44. The number of nitriles is 2. The molecule has 0 aliphatic rings. The van der Waals surface area contributed by atoms with Crippen molar-refractivity contribution >= 4 is 18.4 Å². The van der Waals surface area contributed by atoms with Crippen molar-refractivity contribution in [3.8, 4) is 12.1 Å². The van der Waals surface area contributed by atoms with Crippen molar-refractivity contribution in [2.45, 2.75) is 13.8 Å². The van der Waals surface area contributed by atoms with Crippen LogP contribution < -0.4 is 0 Å². The molecule has 0 saturated heterocycles. The van der Waals surface area contributed by atoms with E-state index >= 15 is 0 Å². The predicted molar refractivity (Wildman–Crippen MR) is 89.4 cm³/mol. The Labute approximate surface area is 140 Å². The lowest BCUT2D eigenvalue weighted by Gasteiger charge is -1.92. The average Bonchev–Trinajstić information content (AvgIpc) is 2.64. The van der Waals surface area contributed by atoms with Gasteiger partial charge in [-0.05, 0) is 38.1 Å². The third-order valence-electron chi connectivity index (χ3n) is 2.84. The van der Waals surface area contributed by atoms with E-state index in [0.717, 1.165) is 0 Å². The Kier molecular flexibility index (Phi) is 9.41. The van der Waals surface area contributed by atoms with Crippen molar-refractivity contribution in [3.63, 3.8) is 0 Å². The van der Waals surface area contributed by atoms with Crippen LogP contribution in [0.5, 0.6) is 0 Å². The summed E-state index contributed by atoms with van der Waals surface area (Å²) in [6.45, 7) is 5.00. The second-order valence-electron chi connectivity index (χ2n) is 4.49. The van der Waals surface area contributed by atoms with Crippen LogP contribution in [0.3, 0.4) is 0 Å². The van der Waals surface area contributed by atoms with E-state index in [-0.39, 0.29) is 11.6 Å². The molecule has 2 aromatic rings. The van der Waals surface area contributed by atoms with E-state index in [0.29, 0.717) is 22.3 Å². The molecule has 5 heteroatoms. The minimum Gasteiger partial charge on any atom is -0.307 e. The predicted octanol–water partition coefficient (Wildman–Crippen LogP) is 3.34. The van der Waals surface area contributed by atoms with E-state index in [1.807, 2.05) is 18.9 Å². The molecule has 2 rings (SSSR count). The van der Waals surface area contributed by atoms with Crippen LogP contribution >= 0.6 is 0 Å². The number of carbonyl (C=O) groups is 3. The molecule has 0 spiro atoms. The molecule has 0 atom stereocenters. The monoisotopic (exact) mass is 320 g/mol. The van der Waals surface area contributed by atoms with Crippen molar-refractivity contribution in [1.82, 2.24) is 0 Å². The number of rotatable bonds is 2. The maximum Gasteiger partial charge on any atom is 0.159 e. The van der Waals surface area contributed by atoms with Gasteiger partial charge in [-0.1, -0.05) is 24.3 Å². The molecule has 24 heavy (non-hydrogen) atoms. The Morgan fingerprint density at radius 2 is 0.958 bits per heavy atom. The van der Waals surface area contributed by atoms with Crippen LogP contribution in [0.1, 0.15) is 45.7 Å². The highest BCUT2D eigenvalue weighted by atomic mass is 16.1. The van der Waals surface area contributed by atoms with Gasteiger partial charge in [0, 0.05) is 11.1 Å². The van der Waals surface area contributed by atoms with Gasteiger partial charge < -0.3 is 4.79 Å². The quantitative estimate of drug-likeness (QED) is 0.790. The van der Waals surface area contributed by atoms with Gasteiger partial charge in [-0.25, -0.2) is 0 Å². The summed E-state index contributed by atoms with van der Waals surface area (Å²) in [5.74, 6) is 0.0454. The molecular weight excluding hydrogens is 304 g/mol. The average molecular weight is 320 g/mol.